The van der Waals surface area contributed by atoms with E-state index in [1.165, 1.54) is 0 Å². The average Bonchev–Trinajstić information content (AvgIpc) is 2.47. The molecule has 1 aromatic carbocycles. The van der Waals surface area contributed by atoms with Crippen LogP contribution in [0.25, 0.3) is 0 Å². The Morgan fingerprint density at radius 1 is 1.43 bits per heavy atom. The van der Waals surface area contributed by atoms with E-state index in [2.05, 4.69) is 6.92 Å². The Morgan fingerprint density at radius 3 is 2.90 bits per heavy atom. The van der Waals surface area contributed by atoms with Gasteiger partial charge in [-0.1, -0.05) is 19.1 Å². The summed E-state index contributed by atoms with van der Waals surface area (Å²) in [5.74, 6) is 1.47. The van der Waals surface area contributed by atoms with Crippen LogP contribution in [0.2, 0.25) is 0 Å². The third-order valence-corrected chi connectivity index (χ3v) is 4.27. The van der Waals surface area contributed by atoms with E-state index >= 15 is 0 Å². The summed E-state index contributed by atoms with van der Waals surface area (Å²) in [5.41, 5.74) is 8.00. The number of carbonyl (C=O) groups is 1. The highest BCUT2D eigenvalue weighted by Crippen LogP contribution is 2.23. The molecule has 1 aliphatic rings. The van der Waals surface area contributed by atoms with Crippen LogP contribution in [0.3, 0.4) is 0 Å². The minimum Gasteiger partial charge on any atom is -0.483 e. The van der Waals surface area contributed by atoms with Crippen LogP contribution in [0.15, 0.2) is 18.2 Å². The van der Waals surface area contributed by atoms with E-state index in [1.807, 2.05) is 36.9 Å². The molecule has 1 fully saturated rings. The molecular formula is C17H26N2O2. The van der Waals surface area contributed by atoms with Crippen molar-refractivity contribution in [2.75, 3.05) is 19.7 Å². The van der Waals surface area contributed by atoms with Gasteiger partial charge in [-0.3, -0.25) is 4.79 Å². The number of ether oxygens (including phenoxy) is 1. The third kappa shape index (κ3) is 3.97. The zero-order chi connectivity index (χ0) is 15.4. The first kappa shape index (κ1) is 15.8. The van der Waals surface area contributed by atoms with Gasteiger partial charge in [-0.05, 0) is 49.8 Å². The molecule has 1 heterocycles. The Kier molecular flexibility index (Phi) is 5.23. The van der Waals surface area contributed by atoms with E-state index in [1.54, 1.807) is 0 Å². The number of nitrogens with two attached hydrogens (primary N) is 1. The van der Waals surface area contributed by atoms with Crippen LogP contribution in [-0.4, -0.2) is 36.5 Å². The van der Waals surface area contributed by atoms with Crippen LogP contribution in [0.5, 0.6) is 5.75 Å². The van der Waals surface area contributed by atoms with Gasteiger partial charge in [-0.15, -0.1) is 0 Å². The van der Waals surface area contributed by atoms with Gasteiger partial charge in [0.25, 0.3) is 5.91 Å². The van der Waals surface area contributed by atoms with Crippen molar-refractivity contribution in [2.24, 2.45) is 11.7 Å². The third-order valence-electron chi connectivity index (χ3n) is 4.27. The Bertz CT molecular complexity index is 502. The van der Waals surface area contributed by atoms with Gasteiger partial charge >= 0.3 is 0 Å². The SMILES string of the molecule is Cc1ccc(C)c(OCC(=O)N2CCC(C)CC2CN)c1. The summed E-state index contributed by atoms with van der Waals surface area (Å²) in [6, 6.07) is 6.19. The van der Waals surface area contributed by atoms with Crippen molar-refractivity contribution < 1.29 is 9.53 Å². The van der Waals surface area contributed by atoms with Crippen molar-refractivity contribution in [3.63, 3.8) is 0 Å². The fourth-order valence-corrected chi connectivity index (χ4v) is 2.89. The van der Waals surface area contributed by atoms with E-state index in [4.69, 9.17) is 10.5 Å². The monoisotopic (exact) mass is 290 g/mol. The molecule has 0 aromatic heterocycles. The van der Waals surface area contributed by atoms with Crippen LogP contribution >= 0.6 is 0 Å². The van der Waals surface area contributed by atoms with E-state index in [0.29, 0.717) is 12.5 Å². The van der Waals surface area contributed by atoms with Crippen molar-refractivity contribution in [1.82, 2.24) is 4.90 Å². The molecule has 0 saturated carbocycles. The molecule has 21 heavy (non-hydrogen) atoms. The lowest BCUT2D eigenvalue weighted by molar-refractivity contribution is -0.137. The van der Waals surface area contributed by atoms with Crippen molar-refractivity contribution >= 4 is 5.91 Å². The number of hydrogen-bond donors (Lipinski definition) is 1. The first-order chi connectivity index (χ1) is 10.0. The van der Waals surface area contributed by atoms with E-state index < -0.39 is 0 Å². The fraction of sp³-hybridized carbons (Fsp3) is 0.588. The molecule has 0 bridgehead atoms. The highest BCUT2D eigenvalue weighted by atomic mass is 16.5. The molecule has 2 rings (SSSR count). The number of aryl methyl sites for hydroxylation is 2. The Morgan fingerprint density at radius 2 is 2.19 bits per heavy atom. The number of hydrogen-bond acceptors (Lipinski definition) is 3. The average molecular weight is 290 g/mol. The number of nitrogens with zero attached hydrogens (tertiary/aromatic N) is 1. The van der Waals surface area contributed by atoms with Gasteiger partial charge in [0.2, 0.25) is 0 Å². The van der Waals surface area contributed by atoms with Gasteiger partial charge in [0.05, 0.1) is 0 Å². The number of likely N-dealkylation sites (tertiary alicyclic amines) is 1. The highest BCUT2D eigenvalue weighted by Gasteiger charge is 2.29. The van der Waals surface area contributed by atoms with Crippen LogP contribution < -0.4 is 10.5 Å². The highest BCUT2D eigenvalue weighted by molar-refractivity contribution is 5.78. The summed E-state index contributed by atoms with van der Waals surface area (Å²) < 4.78 is 5.72. The first-order valence-corrected chi connectivity index (χ1v) is 7.71. The number of amides is 1. The minimum absolute atomic E-state index is 0.0401. The first-order valence-electron chi connectivity index (χ1n) is 7.71. The smallest absolute Gasteiger partial charge is 0.260 e. The van der Waals surface area contributed by atoms with Gasteiger partial charge < -0.3 is 15.4 Å². The molecule has 4 heteroatoms. The minimum atomic E-state index is 0.0401. The molecule has 2 atom stereocenters. The maximum atomic E-state index is 12.4. The molecule has 2 unspecified atom stereocenters. The predicted molar refractivity (Wildman–Crippen MR) is 84.4 cm³/mol. The van der Waals surface area contributed by atoms with Gasteiger partial charge in [0.1, 0.15) is 5.75 Å². The maximum absolute atomic E-state index is 12.4. The molecule has 116 valence electrons. The largest absolute Gasteiger partial charge is 0.483 e. The van der Waals surface area contributed by atoms with Crippen molar-refractivity contribution in [2.45, 2.75) is 39.7 Å². The summed E-state index contributed by atoms with van der Waals surface area (Å²) in [5, 5.41) is 0. The van der Waals surface area contributed by atoms with E-state index in [0.717, 1.165) is 36.3 Å². The van der Waals surface area contributed by atoms with Crippen LogP contribution in [0, 0.1) is 19.8 Å². The van der Waals surface area contributed by atoms with Crippen LogP contribution in [0.1, 0.15) is 30.9 Å². The topological polar surface area (TPSA) is 55.6 Å². The number of piperidine rings is 1. The molecule has 0 spiro atoms. The summed E-state index contributed by atoms with van der Waals surface area (Å²) >= 11 is 0. The maximum Gasteiger partial charge on any atom is 0.260 e. The second-order valence-corrected chi connectivity index (χ2v) is 6.16. The van der Waals surface area contributed by atoms with Crippen LogP contribution in [0.4, 0.5) is 0 Å². The molecular weight excluding hydrogens is 264 g/mol. The number of rotatable bonds is 4. The molecule has 1 aromatic rings. The van der Waals surface area contributed by atoms with Crippen LogP contribution in [-0.2, 0) is 4.79 Å². The lowest BCUT2D eigenvalue weighted by Crippen LogP contribution is -2.50. The van der Waals surface area contributed by atoms with Crippen molar-refractivity contribution in [1.29, 1.82) is 0 Å². The van der Waals surface area contributed by atoms with Gasteiger partial charge in [-0.25, -0.2) is 0 Å². The molecule has 1 aliphatic heterocycles. The van der Waals surface area contributed by atoms with Gasteiger partial charge in [-0.2, -0.15) is 0 Å². The standard InChI is InChI=1S/C17H26N2O2/c1-12-4-5-14(3)16(9-12)21-11-17(20)19-7-6-13(2)8-15(19)10-18/h4-5,9,13,15H,6-8,10-11,18H2,1-3H3. The zero-order valence-electron chi connectivity index (χ0n) is 13.3. The Hall–Kier alpha value is -1.55. The Labute approximate surface area is 127 Å². The van der Waals surface area contributed by atoms with Crippen molar-refractivity contribution in [3.05, 3.63) is 29.3 Å². The lowest BCUT2D eigenvalue weighted by atomic mass is 9.92. The van der Waals surface area contributed by atoms with Gasteiger partial charge in [0.15, 0.2) is 6.61 Å². The molecule has 0 radical (unpaired) electrons. The quantitative estimate of drug-likeness (QED) is 0.925. The van der Waals surface area contributed by atoms with Gasteiger partial charge in [0, 0.05) is 19.1 Å². The lowest BCUT2D eigenvalue weighted by Gasteiger charge is -2.37. The molecule has 1 saturated heterocycles. The summed E-state index contributed by atoms with van der Waals surface area (Å²) in [6.45, 7) is 7.64. The Balaban J connectivity index is 1.96. The number of carbonyl (C=O) groups excluding carboxylic acids is 1. The predicted octanol–water partition coefficient (Wildman–Crippen LogP) is 2.27. The molecule has 1 amide bonds. The normalized spacial score (nSPS) is 22.2. The van der Waals surface area contributed by atoms with E-state index in [9.17, 15) is 4.79 Å². The molecule has 2 N–H and O–H groups in total. The summed E-state index contributed by atoms with van der Waals surface area (Å²) in [6.07, 6.45) is 2.04. The zero-order valence-corrected chi connectivity index (χ0v) is 13.3. The number of benzene rings is 1. The fourth-order valence-electron chi connectivity index (χ4n) is 2.89. The second-order valence-electron chi connectivity index (χ2n) is 6.16. The molecule has 4 nitrogen and oxygen atoms in total. The second kappa shape index (κ2) is 6.94. The summed E-state index contributed by atoms with van der Waals surface area (Å²) in [4.78, 5) is 14.3. The van der Waals surface area contributed by atoms with Crippen molar-refractivity contribution in [3.8, 4) is 5.75 Å². The van der Waals surface area contributed by atoms with E-state index in [-0.39, 0.29) is 18.6 Å². The summed E-state index contributed by atoms with van der Waals surface area (Å²) in [7, 11) is 0. The molecule has 0 aliphatic carbocycles.